The minimum absolute atomic E-state index is 0. The molecule has 0 fully saturated rings. The van der Waals surface area contributed by atoms with Crippen LogP contribution in [0.1, 0.15) is 45.1 Å². The van der Waals surface area contributed by atoms with Gasteiger partial charge in [0, 0.05) is 32.1 Å². The number of amides is 2. The molecule has 0 spiro atoms. The monoisotopic (exact) mass is 341 g/mol. The highest BCUT2D eigenvalue weighted by molar-refractivity contribution is 5.91. The normalized spacial score (nSPS) is 9.83. The van der Waals surface area contributed by atoms with E-state index in [0.29, 0.717) is 13.0 Å². The van der Waals surface area contributed by atoms with Crippen molar-refractivity contribution in [1.29, 1.82) is 0 Å². The van der Waals surface area contributed by atoms with Gasteiger partial charge in [0.2, 0.25) is 11.8 Å². The van der Waals surface area contributed by atoms with Crippen LogP contribution in [-0.2, 0) is 16.1 Å². The molecule has 3 N–H and O–H groups in total. The van der Waals surface area contributed by atoms with Crippen LogP contribution in [0.3, 0.4) is 0 Å². The number of anilines is 1. The molecule has 0 unspecified atom stereocenters. The lowest BCUT2D eigenvalue weighted by Gasteiger charge is -2.11. The number of hydrogen-bond acceptors (Lipinski definition) is 3. The standard InChI is InChI=1S/C17H27N3O2.ClH/c1-3-18-13-15-9-6-7-10-16(15)20-17(22)11-5-4-8-12-19-14(2)21;/h6-7,9-10,18H,3-5,8,11-13H2,1-2H3,(H,19,21)(H,20,22);1H. The van der Waals surface area contributed by atoms with Crippen molar-refractivity contribution >= 4 is 29.9 Å². The number of carbonyl (C=O) groups is 2. The molecule has 0 aliphatic heterocycles. The molecule has 0 aliphatic rings. The van der Waals surface area contributed by atoms with Gasteiger partial charge in [0.1, 0.15) is 0 Å². The molecule has 23 heavy (non-hydrogen) atoms. The van der Waals surface area contributed by atoms with Crippen molar-refractivity contribution in [3.63, 3.8) is 0 Å². The number of nitrogens with one attached hydrogen (secondary N) is 3. The summed E-state index contributed by atoms with van der Waals surface area (Å²) in [5, 5.41) is 9.00. The first-order valence-corrected chi connectivity index (χ1v) is 7.96. The second-order valence-corrected chi connectivity index (χ2v) is 5.28. The van der Waals surface area contributed by atoms with Gasteiger partial charge in [-0.25, -0.2) is 0 Å². The van der Waals surface area contributed by atoms with Gasteiger partial charge >= 0.3 is 0 Å². The zero-order chi connectivity index (χ0) is 16.2. The van der Waals surface area contributed by atoms with Gasteiger partial charge in [-0.2, -0.15) is 0 Å². The molecular weight excluding hydrogens is 314 g/mol. The number of unbranched alkanes of at least 4 members (excludes halogenated alkanes) is 2. The topological polar surface area (TPSA) is 70.2 Å². The van der Waals surface area contributed by atoms with Gasteiger partial charge in [-0.05, 0) is 31.0 Å². The maximum absolute atomic E-state index is 12.0. The molecule has 0 aromatic heterocycles. The summed E-state index contributed by atoms with van der Waals surface area (Å²) in [7, 11) is 0. The van der Waals surface area contributed by atoms with Gasteiger partial charge in [0.05, 0.1) is 0 Å². The summed E-state index contributed by atoms with van der Waals surface area (Å²) in [5.74, 6) is 0.0403. The predicted octanol–water partition coefficient (Wildman–Crippen LogP) is 2.85. The fourth-order valence-electron chi connectivity index (χ4n) is 2.12. The van der Waals surface area contributed by atoms with Gasteiger partial charge < -0.3 is 16.0 Å². The van der Waals surface area contributed by atoms with Gasteiger partial charge in [-0.15, -0.1) is 12.4 Å². The number of benzene rings is 1. The minimum Gasteiger partial charge on any atom is -0.356 e. The van der Waals surface area contributed by atoms with Crippen LogP contribution in [0.5, 0.6) is 0 Å². The van der Waals surface area contributed by atoms with E-state index in [4.69, 9.17) is 0 Å². The van der Waals surface area contributed by atoms with E-state index in [2.05, 4.69) is 22.9 Å². The summed E-state index contributed by atoms with van der Waals surface area (Å²) in [5.41, 5.74) is 1.98. The van der Waals surface area contributed by atoms with E-state index in [0.717, 1.165) is 43.6 Å². The van der Waals surface area contributed by atoms with Crippen molar-refractivity contribution in [2.75, 3.05) is 18.4 Å². The molecule has 1 rings (SSSR count). The summed E-state index contributed by atoms with van der Waals surface area (Å²) >= 11 is 0. The van der Waals surface area contributed by atoms with Crippen molar-refractivity contribution in [3.8, 4) is 0 Å². The van der Waals surface area contributed by atoms with Crippen molar-refractivity contribution in [3.05, 3.63) is 29.8 Å². The quantitative estimate of drug-likeness (QED) is 0.573. The Morgan fingerprint density at radius 1 is 1.09 bits per heavy atom. The fraction of sp³-hybridized carbons (Fsp3) is 0.529. The Morgan fingerprint density at radius 2 is 1.83 bits per heavy atom. The van der Waals surface area contributed by atoms with Gasteiger partial charge in [-0.3, -0.25) is 9.59 Å². The van der Waals surface area contributed by atoms with E-state index in [9.17, 15) is 9.59 Å². The van der Waals surface area contributed by atoms with E-state index in [1.165, 1.54) is 6.92 Å². The number of carbonyl (C=O) groups excluding carboxylic acids is 2. The third-order valence-electron chi connectivity index (χ3n) is 3.31. The average Bonchev–Trinajstić information content (AvgIpc) is 2.49. The predicted molar refractivity (Wildman–Crippen MR) is 96.9 cm³/mol. The first-order valence-electron chi connectivity index (χ1n) is 7.96. The highest BCUT2D eigenvalue weighted by Gasteiger charge is 2.06. The lowest BCUT2D eigenvalue weighted by molar-refractivity contribution is -0.119. The third kappa shape index (κ3) is 9.92. The molecule has 130 valence electrons. The third-order valence-corrected chi connectivity index (χ3v) is 3.31. The Hall–Kier alpha value is -1.59. The summed E-state index contributed by atoms with van der Waals surface area (Å²) in [4.78, 5) is 22.7. The molecule has 0 saturated heterocycles. The molecule has 0 saturated carbocycles. The van der Waals surface area contributed by atoms with E-state index < -0.39 is 0 Å². The Labute approximate surface area is 145 Å². The van der Waals surface area contributed by atoms with E-state index >= 15 is 0 Å². The smallest absolute Gasteiger partial charge is 0.224 e. The molecule has 0 radical (unpaired) electrons. The summed E-state index contributed by atoms with van der Waals surface area (Å²) in [6.45, 7) is 5.91. The van der Waals surface area contributed by atoms with Crippen LogP contribution in [0.2, 0.25) is 0 Å². The molecule has 1 aromatic rings. The van der Waals surface area contributed by atoms with Crippen LogP contribution in [-0.4, -0.2) is 24.9 Å². The SMILES string of the molecule is CCNCc1ccccc1NC(=O)CCCCCNC(C)=O.Cl. The van der Waals surface area contributed by atoms with E-state index in [1.54, 1.807) is 0 Å². The zero-order valence-corrected chi connectivity index (χ0v) is 14.8. The Morgan fingerprint density at radius 3 is 2.52 bits per heavy atom. The molecule has 1 aromatic carbocycles. The van der Waals surface area contributed by atoms with Gasteiger partial charge in [-0.1, -0.05) is 31.5 Å². The first kappa shape index (κ1) is 21.4. The number of hydrogen-bond donors (Lipinski definition) is 3. The maximum Gasteiger partial charge on any atom is 0.224 e. The lowest BCUT2D eigenvalue weighted by atomic mass is 10.1. The number of halogens is 1. The number of rotatable bonds is 10. The largest absolute Gasteiger partial charge is 0.356 e. The number of para-hydroxylation sites is 1. The molecular formula is C17H28ClN3O2. The zero-order valence-electron chi connectivity index (χ0n) is 14.0. The Balaban J connectivity index is 0.00000484. The van der Waals surface area contributed by atoms with Crippen LogP contribution in [0.15, 0.2) is 24.3 Å². The van der Waals surface area contributed by atoms with Crippen LogP contribution in [0, 0.1) is 0 Å². The highest BCUT2D eigenvalue weighted by atomic mass is 35.5. The second-order valence-electron chi connectivity index (χ2n) is 5.28. The lowest BCUT2D eigenvalue weighted by Crippen LogP contribution is -2.20. The van der Waals surface area contributed by atoms with Crippen molar-refractivity contribution in [1.82, 2.24) is 10.6 Å². The Kier molecular flexibility index (Phi) is 12.0. The fourth-order valence-corrected chi connectivity index (χ4v) is 2.12. The molecule has 0 bridgehead atoms. The highest BCUT2D eigenvalue weighted by Crippen LogP contribution is 2.15. The van der Waals surface area contributed by atoms with Gasteiger partial charge in [0.25, 0.3) is 0 Å². The molecule has 0 heterocycles. The first-order chi connectivity index (χ1) is 10.6. The molecule has 5 nitrogen and oxygen atoms in total. The summed E-state index contributed by atoms with van der Waals surface area (Å²) in [6.07, 6.45) is 3.19. The Bertz CT molecular complexity index is 481. The molecule has 2 amide bonds. The molecule has 6 heteroatoms. The maximum atomic E-state index is 12.0. The van der Waals surface area contributed by atoms with E-state index in [-0.39, 0.29) is 24.2 Å². The van der Waals surface area contributed by atoms with Crippen LogP contribution in [0.4, 0.5) is 5.69 Å². The van der Waals surface area contributed by atoms with Crippen molar-refractivity contribution in [2.24, 2.45) is 0 Å². The van der Waals surface area contributed by atoms with Gasteiger partial charge in [0.15, 0.2) is 0 Å². The van der Waals surface area contributed by atoms with Crippen molar-refractivity contribution < 1.29 is 9.59 Å². The molecule has 0 aliphatic carbocycles. The minimum atomic E-state index is -0.00459. The summed E-state index contributed by atoms with van der Waals surface area (Å²) in [6, 6.07) is 7.86. The van der Waals surface area contributed by atoms with Crippen LogP contribution >= 0.6 is 12.4 Å². The van der Waals surface area contributed by atoms with Crippen molar-refractivity contribution in [2.45, 2.75) is 46.1 Å². The van der Waals surface area contributed by atoms with Crippen LogP contribution < -0.4 is 16.0 Å². The second kappa shape index (κ2) is 12.9. The average molecular weight is 342 g/mol. The van der Waals surface area contributed by atoms with Crippen LogP contribution in [0.25, 0.3) is 0 Å². The van der Waals surface area contributed by atoms with E-state index in [1.807, 2.05) is 24.3 Å². The summed E-state index contributed by atoms with van der Waals surface area (Å²) < 4.78 is 0. The molecule has 0 atom stereocenters.